The summed E-state index contributed by atoms with van der Waals surface area (Å²) in [5.74, 6) is 2.94. The Morgan fingerprint density at radius 1 is 1.08 bits per heavy atom. The number of hydrogen-bond acceptors (Lipinski definition) is 6. The Morgan fingerprint density at radius 3 is 2.54 bits per heavy atom. The van der Waals surface area contributed by atoms with Crippen LogP contribution in [0.15, 0.2) is 36.7 Å². The molecular weight excluding hydrogens is 326 g/mol. The van der Waals surface area contributed by atoms with Crippen LogP contribution in [0.3, 0.4) is 0 Å². The minimum atomic E-state index is 0.933. The van der Waals surface area contributed by atoms with Gasteiger partial charge >= 0.3 is 0 Å². The van der Waals surface area contributed by atoms with Gasteiger partial charge in [0.1, 0.15) is 23.7 Å². The van der Waals surface area contributed by atoms with Crippen molar-refractivity contribution in [1.82, 2.24) is 9.97 Å². The third kappa shape index (κ3) is 4.18. The third-order valence-electron chi connectivity index (χ3n) is 4.91. The van der Waals surface area contributed by atoms with Crippen LogP contribution in [0.1, 0.15) is 19.8 Å². The molecular formula is C20H29N5O. The minimum absolute atomic E-state index is 0.933. The Bertz CT molecular complexity index is 700. The number of aromatic nitrogens is 2. The molecule has 26 heavy (non-hydrogen) atoms. The molecule has 0 N–H and O–H groups in total. The van der Waals surface area contributed by atoms with Crippen molar-refractivity contribution in [3.63, 3.8) is 0 Å². The fourth-order valence-electron chi connectivity index (χ4n) is 3.30. The molecule has 0 amide bonds. The van der Waals surface area contributed by atoms with Crippen molar-refractivity contribution in [3.8, 4) is 5.75 Å². The SMILES string of the molecule is CCCCN(C)c1cc(N2CCN(c3ccccc3OC)CC2)ncn1. The van der Waals surface area contributed by atoms with E-state index in [1.807, 2.05) is 12.1 Å². The van der Waals surface area contributed by atoms with E-state index in [4.69, 9.17) is 4.74 Å². The molecule has 0 bridgehead atoms. The molecule has 2 aromatic rings. The number of piperazine rings is 1. The van der Waals surface area contributed by atoms with Gasteiger partial charge in [0.2, 0.25) is 0 Å². The van der Waals surface area contributed by atoms with Gasteiger partial charge < -0.3 is 19.4 Å². The van der Waals surface area contributed by atoms with E-state index in [1.54, 1.807) is 13.4 Å². The number of anilines is 3. The van der Waals surface area contributed by atoms with Gasteiger partial charge in [0.15, 0.2) is 0 Å². The van der Waals surface area contributed by atoms with Crippen LogP contribution in [0.5, 0.6) is 5.75 Å². The topological polar surface area (TPSA) is 44.7 Å². The van der Waals surface area contributed by atoms with E-state index in [-0.39, 0.29) is 0 Å². The summed E-state index contributed by atoms with van der Waals surface area (Å²) in [6, 6.07) is 10.3. The van der Waals surface area contributed by atoms with Gasteiger partial charge in [0.05, 0.1) is 12.8 Å². The Kier molecular flexibility index (Phi) is 6.15. The van der Waals surface area contributed by atoms with Gasteiger partial charge in [-0.15, -0.1) is 0 Å². The third-order valence-corrected chi connectivity index (χ3v) is 4.91. The van der Waals surface area contributed by atoms with E-state index in [0.29, 0.717) is 0 Å². The van der Waals surface area contributed by atoms with E-state index < -0.39 is 0 Å². The number of ether oxygens (including phenoxy) is 1. The van der Waals surface area contributed by atoms with Crippen molar-refractivity contribution < 1.29 is 4.74 Å². The molecule has 0 unspecified atom stereocenters. The zero-order valence-corrected chi connectivity index (χ0v) is 16.1. The van der Waals surface area contributed by atoms with Gasteiger partial charge in [-0.2, -0.15) is 0 Å². The molecule has 0 atom stereocenters. The normalized spacial score (nSPS) is 14.4. The first-order chi connectivity index (χ1) is 12.7. The highest BCUT2D eigenvalue weighted by molar-refractivity contribution is 5.60. The monoisotopic (exact) mass is 355 g/mol. The number of para-hydroxylation sites is 2. The van der Waals surface area contributed by atoms with E-state index in [9.17, 15) is 0 Å². The molecule has 1 aliphatic rings. The maximum Gasteiger partial charge on any atom is 0.142 e. The molecule has 6 nitrogen and oxygen atoms in total. The molecule has 1 fully saturated rings. The summed E-state index contributed by atoms with van der Waals surface area (Å²) >= 11 is 0. The number of benzene rings is 1. The zero-order chi connectivity index (χ0) is 18.4. The second-order valence-electron chi connectivity index (χ2n) is 6.66. The van der Waals surface area contributed by atoms with Crippen LogP contribution in [0.2, 0.25) is 0 Å². The molecule has 0 saturated carbocycles. The second kappa shape index (κ2) is 8.74. The molecule has 140 valence electrons. The first-order valence-electron chi connectivity index (χ1n) is 9.39. The van der Waals surface area contributed by atoms with Gasteiger partial charge in [-0.3, -0.25) is 0 Å². The van der Waals surface area contributed by atoms with Crippen molar-refractivity contribution >= 4 is 17.3 Å². The fourth-order valence-corrected chi connectivity index (χ4v) is 3.30. The smallest absolute Gasteiger partial charge is 0.142 e. The van der Waals surface area contributed by atoms with E-state index >= 15 is 0 Å². The van der Waals surface area contributed by atoms with E-state index in [0.717, 1.165) is 55.8 Å². The maximum atomic E-state index is 5.50. The molecule has 2 heterocycles. The minimum Gasteiger partial charge on any atom is -0.495 e. The summed E-state index contributed by atoms with van der Waals surface area (Å²) in [6.07, 6.45) is 4.04. The lowest BCUT2D eigenvalue weighted by atomic mass is 10.2. The fraction of sp³-hybridized carbons (Fsp3) is 0.500. The Balaban J connectivity index is 1.65. The Hall–Kier alpha value is -2.50. The van der Waals surface area contributed by atoms with E-state index in [2.05, 4.69) is 56.8 Å². The zero-order valence-electron chi connectivity index (χ0n) is 16.1. The van der Waals surface area contributed by atoms with Crippen LogP contribution in [-0.2, 0) is 0 Å². The Morgan fingerprint density at radius 2 is 1.81 bits per heavy atom. The van der Waals surface area contributed by atoms with Crippen LogP contribution in [0, 0.1) is 0 Å². The molecule has 6 heteroatoms. The van der Waals surface area contributed by atoms with Crippen LogP contribution in [-0.4, -0.2) is 56.8 Å². The molecule has 1 saturated heterocycles. The first-order valence-corrected chi connectivity index (χ1v) is 9.39. The number of methoxy groups -OCH3 is 1. The number of nitrogens with zero attached hydrogens (tertiary/aromatic N) is 5. The van der Waals surface area contributed by atoms with Crippen LogP contribution in [0.25, 0.3) is 0 Å². The van der Waals surface area contributed by atoms with Gasteiger partial charge in [-0.05, 0) is 18.6 Å². The number of unbranched alkanes of at least 4 members (excludes halogenated alkanes) is 1. The highest BCUT2D eigenvalue weighted by atomic mass is 16.5. The summed E-state index contributed by atoms with van der Waals surface area (Å²) in [5, 5.41) is 0. The van der Waals surface area contributed by atoms with Gasteiger partial charge in [-0.25, -0.2) is 9.97 Å². The van der Waals surface area contributed by atoms with Crippen molar-refractivity contribution in [2.45, 2.75) is 19.8 Å². The molecule has 1 aromatic carbocycles. The summed E-state index contributed by atoms with van der Waals surface area (Å²) in [4.78, 5) is 15.9. The maximum absolute atomic E-state index is 5.50. The number of hydrogen-bond donors (Lipinski definition) is 0. The predicted octanol–water partition coefficient (Wildman–Crippen LogP) is 3.05. The average Bonchev–Trinajstić information content (AvgIpc) is 2.72. The van der Waals surface area contributed by atoms with Crippen LogP contribution in [0.4, 0.5) is 17.3 Å². The lowest BCUT2D eigenvalue weighted by Crippen LogP contribution is -2.47. The summed E-state index contributed by atoms with van der Waals surface area (Å²) in [5.41, 5.74) is 1.16. The molecule has 0 aliphatic carbocycles. The van der Waals surface area contributed by atoms with Gasteiger partial charge in [-0.1, -0.05) is 25.5 Å². The first kappa shape index (κ1) is 18.3. The Labute approximate surface area is 156 Å². The van der Waals surface area contributed by atoms with Crippen LogP contribution < -0.4 is 19.4 Å². The van der Waals surface area contributed by atoms with Crippen LogP contribution >= 0.6 is 0 Å². The highest BCUT2D eigenvalue weighted by Gasteiger charge is 2.21. The lowest BCUT2D eigenvalue weighted by molar-refractivity contribution is 0.413. The summed E-state index contributed by atoms with van der Waals surface area (Å²) in [7, 11) is 3.83. The largest absolute Gasteiger partial charge is 0.495 e. The van der Waals surface area contributed by atoms with Gasteiger partial charge in [0, 0.05) is 45.8 Å². The average molecular weight is 355 g/mol. The molecule has 0 radical (unpaired) electrons. The molecule has 0 spiro atoms. The molecule has 1 aliphatic heterocycles. The molecule has 1 aromatic heterocycles. The molecule has 3 rings (SSSR count). The second-order valence-corrected chi connectivity index (χ2v) is 6.66. The van der Waals surface area contributed by atoms with Crippen molar-refractivity contribution in [2.75, 3.05) is 61.6 Å². The summed E-state index contributed by atoms with van der Waals surface area (Å²) < 4.78 is 5.50. The van der Waals surface area contributed by atoms with E-state index in [1.165, 1.54) is 12.8 Å². The van der Waals surface area contributed by atoms with Crippen molar-refractivity contribution in [1.29, 1.82) is 0 Å². The highest BCUT2D eigenvalue weighted by Crippen LogP contribution is 2.29. The summed E-state index contributed by atoms with van der Waals surface area (Å²) in [6.45, 7) is 7.01. The van der Waals surface area contributed by atoms with Crippen molar-refractivity contribution in [3.05, 3.63) is 36.7 Å². The number of rotatable bonds is 7. The van der Waals surface area contributed by atoms with Gasteiger partial charge in [0.25, 0.3) is 0 Å². The standard InChI is InChI=1S/C20H29N5O/c1-4-5-10-23(2)19-15-20(22-16-21-19)25-13-11-24(12-14-25)17-8-6-7-9-18(17)26-3/h6-9,15-16H,4-5,10-14H2,1-3H3. The lowest BCUT2D eigenvalue weighted by Gasteiger charge is -2.37. The van der Waals surface area contributed by atoms with Crippen molar-refractivity contribution in [2.24, 2.45) is 0 Å². The quantitative estimate of drug-likeness (QED) is 0.761. The predicted molar refractivity (Wildman–Crippen MR) is 108 cm³/mol.